The molecule has 2 aliphatic heterocycles. The van der Waals surface area contributed by atoms with Gasteiger partial charge in [0.2, 0.25) is 0 Å². The quantitative estimate of drug-likeness (QED) is 0.693. The summed E-state index contributed by atoms with van der Waals surface area (Å²) in [5.41, 5.74) is 0.791. The van der Waals surface area contributed by atoms with Crippen LogP contribution in [-0.2, 0) is 19.1 Å². The number of benzene rings is 1. The molecular formula is C21H22F6N4O. The van der Waals surface area contributed by atoms with E-state index in [0.29, 0.717) is 30.5 Å². The molecular weight excluding hydrogens is 438 g/mol. The number of hydrogen-bond donors (Lipinski definition) is 1. The molecule has 1 aromatic heterocycles. The SMILES string of the molecule is O=C(c1n[nH]c2c1CN(CC(F)(F)F)CC2)N1CCC(c2ccccc2C(F)(F)F)CC1. The van der Waals surface area contributed by atoms with E-state index in [-0.39, 0.29) is 43.4 Å². The summed E-state index contributed by atoms with van der Waals surface area (Å²) in [5.74, 6) is -0.730. The number of carbonyl (C=O) groups excluding carboxylic acids is 1. The summed E-state index contributed by atoms with van der Waals surface area (Å²) in [6.07, 6.45) is -7.71. The molecule has 0 aliphatic carbocycles. The fraction of sp³-hybridized carbons (Fsp3) is 0.524. The minimum Gasteiger partial charge on any atom is -0.337 e. The number of hydrogen-bond acceptors (Lipinski definition) is 3. The van der Waals surface area contributed by atoms with Gasteiger partial charge in [0.15, 0.2) is 5.69 Å². The van der Waals surface area contributed by atoms with Gasteiger partial charge in [0, 0.05) is 43.9 Å². The molecule has 0 saturated carbocycles. The number of H-pyrrole nitrogens is 1. The van der Waals surface area contributed by atoms with Crippen molar-refractivity contribution in [2.45, 2.75) is 44.1 Å². The zero-order chi connectivity index (χ0) is 23.1. The second-order valence-electron chi connectivity index (χ2n) is 8.26. The van der Waals surface area contributed by atoms with Gasteiger partial charge in [0.1, 0.15) is 0 Å². The topological polar surface area (TPSA) is 52.2 Å². The Bertz CT molecular complexity index is 975. The summed E-state index contributed by atoms with van der Waals surface area (Å²) in [6, 6.07) is 5.47. The Hall–Kier alpha value is -2.56. The monoisotopic (exact) mass is 460 g/mol. The Morgan fingerprint density at radius 3 is 2.41 bits per heavy atom. The van der Waals surface area contributed by atoms with Crippen LogP contribution in [-0.4, -0.2) is 58.3 Å². The molecule has 0 bridgehead atoms. The van der Waals surface area contributed by atoms with E-state index in [2.05, 4.69) is 10.2 Å². The molecule has 3 heterocycles. The third-order valence-electron chi connectivity index (χ3n) is 6.11. The Morgan fingerprint density at radius 1 is 1.06 bits per heavy atom. The number of likely N-dealkylation sites (tertiary alicyclic amines) is 1. The van der Waals surface area contributed by atoms with Gasteiger partial charge in [-0.25, -0.2) is 0 Å². The highest BCUT2D eigenvalue weighted by atomic mass is 19.4. The fourth-order valence-electron chi connectivity index (χ4n) is 4.57. The molecule has 0 spiro atoms. The van der Waals surface area contributed by atoms with E-state index in [1.165, 1.54) is 21.9 Å². The third kappa shape index (κ3) is 4.77. The van der Waals surface area contributed by atoms with E-state index >= 15 is 0 Å². The van der Waals surface area contributed by atoms with E-state index in [1.807, 2.05) is 0 Å². The molecule has 2 aromatic rings. The minimum absolute atomic E-state index is 0.0260. The number of fused-ring (bicyclic) bond motifs is 1. The van der Waals surface area contributed by atoms with Crippen molar-refractivity contribution in [2.24, 2.45) is 0 Å². The molecule has 1 amide bonds. The van der Waals surface area contributed by atoms with Crippen molar-refractivity contribution in [3.63, 3.8) is 0 Å². The van der Waals surface area contributed by atoms with Gasteiger partial charge in [-0.3, -0.25) is 14.8 Å². The van der Waals surface area contributed by atoms with Crippen LogP contribution >= 0.6 is 0 Å². The standard InChI is InChI=1S/C21H22F6N4O/c22-20(23,24)12-30-8-7-17-15(11-30)18(29-28-17)19(32)31-9-5-13(6-10-31)14-3-1-2-4-16(14)21(25,26)27/h1-4,13H,5-12H2,(H,28,29). The largest absolute Gasteiger partial charge is 0.416 e. The number of nitrogens with zero attached hydrogens (tertiary/aromatic N) is 3. The summed E-state index contributed by atoms with van der Waals surface area (Å²) in [4.78, 5) is 15.8. The second-order valence-corrected chi connectivity index (χ2v) is 8.26. The third-order valence-corrected chi connectivity index (χ3v) is 6.11. The first-order chi connectivity index (χ1) is 15.0. The van der Waals surface area contributed by atoms with E-state index in [0.717, 1.165) is 6.07 Å². The van der Waals surface area contributed by atoms with Gasteiger partial charge in [-0.2, -0.15) is 31.4 Å². The molecule has 0 radical (unpaired) electrons. The number of aromatic amines is 1. The Kier molecular flexibility index (Phi) is 5.95. The number of nitrogens with one attached hydrogen (secondary N) is 1. The molecule has 11 heteroatoms. The average Bonchev–Trinajstić information content (AvgIpc) is 3.15. The van der Waals surface area contributed by atoms with Gasteiger partial charge in [0.05, 0.1) is 12.1 Å². The van der Waals surface area contributed by atoms with Crippen LogP contribution in [0.1, 0.15) is 51.6 Å². The molecule has 1 N–H and O–H groups in total. The molecule has 1 fully saturated rings. The first-order valence-corrected chi connectivity index (χ1v) is 10.3. The lowest BCUT2D eigenvalue weighted by Gasteiger charge is -2.33. The first kappa shape index (κ1) is 22.6. The van der Waals surface area contributed by atoms with Crippen LogP contribution in [0.2, 0.25) is 0 Å². The lowest BCUT2D eigenvalue weighted by atomic mass is 9.86. The number of piperidine rings is 1. The van der Waals surface area contributed by atoms with Gasteiger partial charge in [-0.05, 0) is 30.4 Å². The molecule has 174 valence electrons. The molecule has 2 aliphatic rings. The maximum atomic E-state index is 13.3. The van der Waals surface area contributed by atoms with Gasteiger partial charge in [-0.15, -0.1) is 0 Å². The Morgan fingerprint density at radius 2 is 1.75 bits per heavy atom. The number of amides is 1. The molecule has 32 heavy (non-hydrogen) atoms. The minimum atomic E-state index is -4.44. The Labute approximate surface area is 180 Å². The normalized spacial score (nSPS) is 18.6. The summed E-state index contributed by atoms with van der Waals surface area (Å²) >= 11 is 0. The number of carbonyl (C=O) groups is 1. The maximum absolute atomic E-state index is 13.3. The zero-order valence-corrected chi connectivity index (χ0v) is 17.1. The van der Waals surface area contributed by atoms with E-state index in [1.54, 1.807) is 6.07 Å². The number of aromatic nitrogens is 2. The van der Waals surface area contributed by atoms with Crippen molar-refractivity contribution in [2.75, 3.05) is 26.2 Å². The predicted octanol–water partition coefficient (Wildman–Crippen LogP) is 4.37. The Balaban J connectivity index is 1.44. The van der Waals surface area contributed by atoms with Crippen molar-refractivity contribution in [1.29, 1.82) is 0 Å². The summed E-state index contributed by atoms with van der Waals surface area (Å²) in [7, 11) is 0. The van der Waals surface area contributed by atoms with Crippen molar-refractivity contribution in [3.8, 4) is 0 Å². The average molecular weight is 460 g/mol. The van der Waals surface area contributed by atoms with Crippen LogP contribution in [0.5, 0.6) is 0 Å². The van der Waals surface area contributed by atoms with Crippen LogP contribution in [0.3, 0.4) is 0 Å². The fourth-order valence-corrected chi connectivity index (χ4v) is 4.57. The molecule has 1 aromatic carbocycles. The van der Waals surface area contributed by atoms with Crippen molar-refractivity contribution in [3.05, 3.63) is 52.3 Å². The smallest absolute Gasteiger partial charge is 0.337 e. The van der Waals surface area contributed by atoms with Crippen LogP contribution < -0.4 is 0 Å². The van der Waals surface area contributed by atoms with Gasteiger partial charge >= 0.3 is 12.4 Å². The van der Waals surface area contributed by atoms with Gasteiger partial charge in [-0.1, -0.05) is 18.2 Å². The number of alkyl halides is 6. The highest BCUT2D eigenvalue weighted by Gasteiger charge is 2.38. The second kappa shape index (κ2) is 8.42. The van der Waals surface area contributed by atoms with Crippen molar-refractivity contribution in [1.82, 2.24) is 20.0 Å². The van der Waals surface area contributed by atoms with E-state index in [4.69, 9.17) is 0 Å². The lowest BCUT2D eigenvalue weighted by Crippen LogP contribution is -2.40. The van der Waals surface area contributed by atoms with Crippen LogP contribution in [0.15, 0.2) is 24.3 Å². The number of halogens is 6. The predicted molar refractivity (Wildman–Crippen MR) is 103 cm³/mol. The van der Waals surface area contributed by atoms with Gasteiger partial charge < -0.3 is 4.90 Å². The van der Waals surface area contributed by atoms with Crippen LogP contribution in [0.25, 0.3) is 0 Å². The van der Waals surface area contributed by atoms with Gasteiger partial charge in [0.25, 0.3) is 5.91 Å². The van der Waals surface area contributed by atoms with E-state index < -0.39 is 30.4 Å². The van der Waals surface area contributed by atoms with Crippen molar-refractivity contribution >= 4 is 5.91 Å². The van der Waals surface area contributed by atoms with Crippen LogP contribution in [0, 0.1) is 0 Å². The van der Waals surface area contributed by atoms with E-state index in [9.17, 15) is 31.1 Å². The van der Waals surface area contributed by atoms with Crippen LogP contribution in [0.4, 0.5) is 26.3 Å². The highest BCUT2D eigenvalue weighted by Crippen LogP contribution is 2.39. The number of rotatable bonds is 3. The maximum Gasteiger partial charge on any atom is 0.416 e. The molecule has 5 nitrogen and oxygen atoms in total. The lowest BCUT2D eigenvalue weighted by molar-refractivity contribution is -0.147. The first-order valence-electron chi connectivity index (χ1n) is 10.3. The molecule has 0 unspecified atom stereocenters. The molecule has 0 atom stereocenters. The highest BCUT2D eigenvalue weighted by molar-refractivity contribution is 5.94. The molecule has 1 saturated heterocycles. The summed E-state index contributed by atoms with van der Waals surface area (Å²) in [5, 5.41) is 6.81. The summed E-state index contributed by atoms with van der Waals surface area (Å²) in [6.45, 7) is -0.364. The summed E-state index contributed by atoms with van der Waals surface area (Å²) < 4.78 is 78.3. The molecule has 4 rings (SSSR count). The zero-order valence-electron chi connectivity index (χ0n) is 17.1. The van der Waals surface area contributed by atoms with Crippen molar-refractivity contribution < 1.29 is 31.1 Å².